The Morgan fingerprint density at radius 1 is 1.22 bits per heavy atom. The fraction of sp³-hybridized carbons (Fsp3) is 0.143. The Hall–Kier alpha value is -0.580. The normalized spacial score (nSPS) is 13.1. The average Bonchev–Trinajstić information content (AvgIpc) is 2.95. The SMILES string of the molecule is Cc1ccc(C(Br)c2csc3c(Br)cccc23)o1. The maximum Gasteiger partial charge on any atom is 0.122 e. The Labute approximate surface area is 126 Å². The Kier molecular flexibility index (Phi) is 3.34. The van der Waals surface area contributed by atoms with Crippen LogP contribution in [-0.2, 0) is 0 Å². The third kappa shape index (κ3) is 2.06. The van der Waals surface area contributed by atoms with E-state index in [0.717, 1.165) is 16.0 Å². The van der Waals surface area contributed by atoms with Gasteiger partial charge in [-0.25, -0.2) is 0 Å². The maximum atomic E-state index is 5.69. The lowest BCUT2D eigenvalue weighted by molar-refractivity contribution is 0.492. The molecule has 0 aliphatic heterocycles. The summed E-state index contributed by atoms with van der Waals surface area (Å²) < 4.78 is 8.12. The molecule has 92 valence electrons. The van der Waals surface area contributed by atoms with E-state index in [1.807, 2.05) is 19.1 Å². The van der Waals surface area contributed by atoms with Crippen LogP contribution in [-0.4, -0.2) is 0 Å². The molecule has 0 bridgehead atoms. The molecule has 0 aliphatic carbocycles. The van der Waals surface area contributed by atoms with E-state index in [4.69, 9.17) is 4.42 Å². The van der Waals surface area contributed by atoms with Crippen molar-refractivity contribution in [2.24, 2.45) is 0 Å². The number of halogens is 2. The number of hydrogen-bond acceptors (Lipinski definition) is 2. The van der Waals surface area contributed by atoms with Crippen molar-refractivity contribution >= 4 is 53.3 Å². The number of thiophene rings is 1. The van der Waals surface area contributed by atoms with Crippen LogP contribution in [0.4, 0.5) is 0 Å². The highest BCUT2D eigenvalue weighted by Crippen LogP contribution is 2.41. The van der Waals surface area contributed by atoms with Crippen LogP contribution in [0.15, 0.2) is 44.6 Å². The molecule has 1 atom stereocenters. The molecule has 0 radical (unpaired) electrons. The molecule has 0 fully saturated rings. The molecule has 4 heteroatoms. The van der Waals surface area contributed by atoms with Crippen LogP contribution >= 0.6 is 43.2 Å². The minimum absolute atomic E-state index is 0.106. The van der Waals surface area contributed by atoms with Crippen LogP contribution in [0, 0.1) is 6.92 Å². The lowest BCUT2D eigenvalue weighted by Crippen LogP contribution is -1.88. The van der Waals surface area contributed by atoms with Crippen molar-refractivity contribution in [3.8, 4) is 0 Å². The molecule has 0 aliphatic rings. The number of aryl methyl sites for hydroxylation is 1. The van der Waals surface area contributed by atoms with Gasteiger partial charge in [-0.1, -0.05) is 28.1 Å². The zero-order chi connectivity index (χ0) is 12.7. The summed E-state index contributed by atoms with van der Waals surface area (Å²) in [5.74, 6) is 1.89. The average molecular weight is 386 g/mol. The second kappa shape index (κ2) is 4.83. The molecule has 0 amide bonds. The Morgan fingerprint density at radius 3 is 2.78 bits per heavy atom. The smallest absolute Gasteiger partial charge is 0.122 e. The predicted octanol–water partition coefficient (Wildman–Crippen LogP) is 6.05. The molecule has 0 saturated heterocycles. The number of alkyl halides is 1. The fourth-order valence-corrected chi connectivity index (χ4v) is 4.43. The maximum absolute atomic E-state index is 5.69. The first-order chi connectivity index (χ1) is 8.66. The molecular weight excluding hydrogens is 376 g/mol. The lowest BCUT2D eigenvalue weighted by atomic mass is 10.1. The van der Waals surface area contributed by atoms with E-state index in [1.165, 1.54) is 15.6 Å². The predicted molar refractivity (Wildman–Crippen MR) is 83.7 cm³/mol. The van der Waals surface area contributed by atoms with Gasteiger partial charge in [-0.3, -0.25) is 0 Å². The molecule has 0 saturated carbocycles. The molecule has 0 N–H and O–H groups in total. The van der Waals surface area contributed by atoms with Gasteiger partial charge in [-0.05, 0) is 57.4 Å². The standard InChI is InChI=1S/C14H10Br2OS/c1-8-5-6-12(17-8)13(16)10-7-18-14-9(10)3-2-4-11(14)15/h2-7,13H,1H3. The third-order valence-electron chi connectivity index (χ3n) is 2.87. The van der Waals surface area contributed by atoms with Crippen molar-refractivity contribution in [2.75, 3.05) is 0 Å². The zero-order valence-electron chi connectivity index (χ0n) is 9.61. The van der Waals surface area contributed by atoms with Crippen molar-refractivity contribution in [1.82, 2.24) is 0 Å². The van der Waals surface area contributed by atoms with Gasteiger partial charge in [0.15, 0.2) is 0 Å². The zero-order valence-corrected chi connectivity index (χ0v) is 13.6. The quantitative estimate of drug-likeness (QED) is 0.489. The molecule has 2 aromatic heterocycles. The van der Waals surface area contributed by atoms with E-state index >= 15 is 0 Å². The summed E-state index contributed by atoms with van der Waals surface area (Å²) in [6.07, 6.45) is 0. The number of furan rings is 1. The van der Waals surface area contributed by atoms with Gasteiger partial charge in [-0.2, -0.15) is 0 Å². The largest absolute Gasteiger partial charge is 0.465 e. The van der Waals surface area contributed by atoms with Gasteiger partial charge < -0.3 is 4.42 Å². The molecule has 1 unspecified atom stereocenters. The minimum Gasteiger partial charge on any atom is -0.465 e. The highest BCUT2D eigenvalue weighted by atomic mass is 79.9. The van der Waals surface area contributed by atoms with Crippen molar-refractivity contribution in [3.05, 3.63) is 57.3 Å². The first kappa shape index (κ1) is 12.5. The van der Waals surface area contributed by atoms with E-state index in [1.54, 1.807) is 11.3 Å². The first-order valence-corrected chi connectivity index (χ1v) is 8.11. The van der Waals surface area contributed by atoms with Crippen LogP contribution in [0.2, 0.25) is 0 Å². The van der Waals surface area contributed by atoms with Crippen molar-refractivity contribution in [3.63, 3.8) is 0 Å². The summed E-state index contributed by atoms with van der Waals surface area (Å²) in [5.41, 5.74) is 1.26. The first-order valence-electron chi connectivity index (χ1n) is 5.53. The van der Waals surface area contributed by atoms with Gasteiger partial charge in [0.05, 0.1) is 4.83 Å². The van der Waals surface area contributed by atoms with Gasteiger partial charge in [0, 0.05) is 9.17 Å². The Balaban J connectivity index is 2.12. The van der Waals surface area contributed by atoms with Crippen LogP contribution in [0.3, 0.4) is 0 Å². The third-order valence-corrected chi connectivity index (χ3v) is 5.78. The Morgan fingerprint density at radius 2 is 2.06 bits per heavy atom. The second-order valence-corrected chi connectivity index (χ2v) is 6.77. The number of rotatable bonds is 2. The highest BCUT2D eigenvalue weighted by molar-refractivity contribution is 9.10. The minimum atomic E-state index is 0.106. The molecule has 3 rings (SSSR count). The molecule has 2 heterocycles. The highest BCUT2D eigenvalue weighted by Gasteiger charge is 2.18. The summed E-state index contributed by atoms with van der Waals surface area (Å²) >= 11 is 9.07. The van der Waals surface area contributed by atoms with Crippen LogP contribution in [0.5, 0.6) is 0 Å². The summed E-state index contributed by atoms with van der Waals surface area (Å²) in [4.78, 5) is 0.106. The van der Waals surface area contributed by atoms with E-state index in [2.05, 4.69) is 55.4 Å². The molecule has 0 spiro atoms. The molecule has 1 aromatic carbocycles. The van der Waals surface area contributed by atoms with Gasteiger partial charge in [0.1, 0.15) is 11.5 Å². The monoisotopic (exact) mass is 384 g/mol. The molecular formula is C14H10Br2OS. The van der Waals surface area contributed by atoms with E-state index in [0.29, 0.717) is 0 Å². The van der Waals surface area contributed by atoms with E-state index in [9.17, 15) is 0 Å². The second-order valence-electron chi connectivity index (χ2n) is 4.12. The van der Waals surface area contributed by atoms with Crippen LogP contribution in [0.25, 0.3) is 10.1 Å². The molecule has 18 heavy (non-hydrogen) atoms. The molecule has 1 nitrogen and oxygen atoms in total. The summed E-state index contributed by atoms with van der Waals surface area (Å²) in [6.45, 7) is 1.96. The van der Waals surface area contributed by atoms with Crippen LogP contribution in [0.1, 0.15) is 21.9 Å². The van der Waals surface area contributed by atoms with Crippen LogP contribution < -0.4 is 0 Å². The number of fused-ring (bicyclic) bond motifs is 1. The van der Waals surface area contributed by atoms with Gasteiger partial charge in [0.2, 0.25) is 0 Å². The number of hydrogen-bond donors (Lipinski definition) is 0. The van der Waals surface area contributed by atoms with Gasteiger partial charge in [0.25, 0.3) is 0 Å². The molecule has 3 aromatic rings. The van der Waals surface area contributed by atoms with E-state index in [-0.39, 0.29) is 4.83 Å². The van der Waals surface area contributed by atoms with Gasteiger partial charge >= 0.3 is 0 Å². The summed E-state index contributed by atoms with van der Waals surface area (Å²) in [7, 11) is 0. The Bertz CT molecular complexity index is 699. The summed E-state index contributed by atoms with van der Waals surface area (Å²) in [5, 5.41) is 3.46. The topological polar surface area (TPSA) is 13.1 Å². The number of benzene rings is 1. The van der Waals surface area contributed by atoms with E-state index < -0.39 is 0 Å². The van der Waals surface area contributed by atoms with Crippen molar-refractivity contribution in [1.29, 1.82) is 0 Å². The summed E-state index contributed by atoms with van der Waals surface area (Å²) in [6, 6.07) is 10.3. The lowest BCUT2D eigenvalue weighted by Gasteiger charge is -2.06. The van der Waals surface area contributed by atoms with Crippen molar-refractivity contribution in [2.45, 2.75) is 11.8 Å². The fourth-order valence-electron chi connectivity index (χ4n) is 1.98. The van der Waals surface area contributed by atoms with Gasteiger partial charge in [-0.15, -0.1) is 11.3 Å². The van der Waals surface area contributed by atoms with Crippen molar-refractivity contribution < 1.29 is 4.42 Å².